The minimum absolute atomic E-state index is 0.775. The maximum Gasteiger partial charge on any atom is 0.154 e. The summed E-state index contributed by atoms with van der Waals surface area (Å²) in [5.74, 6) is 0.815. The first-order valence-corrected chi connectivity index (χ1v) is 4.12. The number of halogens is 1. The van der Waals surface area contributed by atoms with Gasteiger partial charge in [0.05, 0.1) is 7.11 Å². The van der Waals surface area contributed by atoms with E-state index in [9.17, 15) is 0 Å². The van der Waals surface area contributed by atoms with Crippen molar-refractivity contribution >= 4 is 15.9 Å². The van der Waals surface area contributed by atoms with E-state index in [-0.39, 0.29) is 0 Å². The van der Waals surface area contributed by atoms with Crippen LogP contribution in [0.4, 0.5) is 0 Å². The fourth-order valence-corrected chi connectivity index (χ4v) is 1.78. The Morgan fingerprint density at radius 1 is 1.45 bits per heavy atom. The van der Waals surface area contributed by atoms with Crippen LogP contribution < -0.4 is 4.74 Å². The van der Waals surface area contributed by atoms with Gasteiger partial charge in [-0.05, 0) is 41.4 Å². The van der Waals surface area contributed by atoms with Gasteiger partial charge in [0.1, 0.15) is 4.60 Å². The molecule has 0 atom stereocenters. The van der Waals surface area contributed by atoms with Crippen molar-refractivity contribution in [2.45, 2.75) is 13.8 Å². The molecule has 2 nitrogen and oxygen atoms in total. The van der Waals surface area contributed by atoms with Crippen LogP contribution in [0.3, 0.4) is 0 Å². The molecule has 0 aromatic carbocycles. The Bertz CT molecular complexity index is 250. The molecule has 0 N–H and O–H groups in total. The Labute approximate surface area is 74.7 Å². The number of pyridine rings is 1. The third-order valence-corrected chi connectivity index (χ3v) is 1.99. The van der Waals surface area contributed by atoms with Crippen molar-refractivity contribution in [1.82, 2.24) is 4.98 Å². The van der Waals surface area contributed by atoms with Gasteiger partial charge in [0.25, 0.3) is 0 Å². The van der Waals surface area contributed by atoms with E-state index in [1.807, 2.05) is 19.9 Å². The lowest BCUT2D eigenvalue weighted by atomic mass is 10.2. The minimum Gasteiger partial charge on any atom is -0.494 e. The molecule has 0 spiro atoms. The summed E-state index contributed by atoms with van der Waals surface area (Å²) >= 11 is 3.32. The number of aromatic nitrogens is 1. The van der Waals surface area contributed by atoms with Crippen LogP contribution in [0.15, 0.2) is 10.7 Å². The van der Waals surface area contributed by atoms with Crippen LogP contribution in [-0.4, -0.2) is 12.1 Å². The monoisotopic (exact) mass is 215 g/mol. The van der Waals surface area contributed by atoms with Crippen LogP contribution in [0, 0.1) is 13.8 Å². The maximum absolute atomic E-state index is 5.12. The largest absolute Gasteiger partial charge is 0.494 e. The zero-order chi connectivity index (χ0) is 8.43. The van der Waals surface area contributed by atoms with Gasteiger partial charge in [0.2, 0.25) is 0 Å². The van der Waals surface area contributed by atoms with Crippen molar-refractivity contribution in [3.05, 3.63) is 21.9 Å². The second-order valence-corrected chi connectivity index (χ2v) is 3.16. The summed E-state index contributed by atoms with van der Waals surface area (Å²) in [5, 5.41) is 0. The van der Waals surface area contributed by atoms with Crippen molar-refractivity contribution in [3.63, 3.8) is 0 Å². The van der Waals surface area contributed by atoms with Crippen LogP contribution in [0.1, 0.15) is 11.3 Å². The Morgan fingerprint density at radius 3 is 2.55 bits per heavy atom. The first-order chi connectivity index (χ1) is 5.15. The summed E-state index contributed by atoms with van der Waals surface area (Å²) < 4.78 is 5.90. The van der Waals surface area contributed by atoms with Crippen molar-refractivity contribution in [3.8, 4) is 5.75 Å². The molecule has 0 aliphatic heterocycles. The minimum atomic E-state index is 0.775. The van der Waals surface area contributed by atoms with E-state index >= 15 is 0 Å². The van der Waals surface area contributed by atoms with E-state index in [4.69, 9.17) is 4.74 Å². The third kappa shape index (κ3) is 1.71. The van der Waals surface area contributed by atoms with Gasteiger partial charge >= 0.3 is 0 Å². The molecular weight excluding hydrogens is 206 g/mol. The highest BCUT2D eigenvalue weighted by Gasteiger charge is 2.04. The molecule has 0 fully saturated rings. The molecule has 0 radical (unpaired) electrons. The van der Waals surface area contributed by atoms with Crippen LogP contribution in [0.2, 0.25) is 0 Å². The molecule has 0 saturated heterocycles. The predicted molar refractivity (Wildman–Crippen MR) is 48.0 cm³/mol. The number of nitrogens with zero attached hydrogens (tertiary/aromatic N) is 1. The number of rotatable bonds is 1. The average molecular weight is 216 g/mol. The standard InChI is InChI=1S/C8H10BrNO/c1-5-4-6(2)10-8(9)7(5)11-3/h4H,1-3H3. The van der Waals surface area contributed by atoms with Gasteiger partial charge in [0.15, 0.2) is 5.75 Å². The molecule has 3 heteroatoms. The molecule has 0 aliphatic rings. The SMILES string of the molecule is COc1c(C)cc(C)nc1Br. The zero-order valence-electron chi connectivity index (χ0n) is 6.81. The highest BCUT2D eigenvalue weighted by atomic mass is 79.9. The lowest BCUT2D eigenvalue weighted by Gasteiger charge is -2.06. The lowest BCUT2D eigenvalue weighted by Crippen LogP contribution is -1.92. The van der Waals surface area contributed by atoms with E-state index < -0.39 is 0 Å². The molecule has 1 heterocycles. The molecule has 1 aromatic rings. The average Bonchev–Trinajstić information content (AvgIpc) is 1.85. The second-order valence-electron chi connectivity index (χ2n) is 2.40. The lowest BCUT2D eigenvalue weighted by molar-refractivity contribution is 0.406. The molecular formula is C8H10BrNO. The summed E-state index contributed by atoms with van der Waals surface area (Å²) in [7, 11) is 1.64. The van der Waals surface area contributed by atoms with Gasteiger partial charge in [-0.3, -0.25) is 0 Å². The van der Waals surface area contributed by atoms with E-state index in [0.717, 1.165) is 21.6 Å². The molecule has 11 heavy (non-hydrogen) atoms. The number of ether oxygens (including phenoxy) is 1. The van der Waals surface area contributed by atoms with E-state index in [0.29, 0.717) is 0 Å². The molecule has 0 bridgehead atoms. The molecule has 60 valence electrons. The highest BCUT2D eigenvalue weighted by molar-refractivity contribution is 9.10. The Morgan fingerprint density at radius 2 is 2.09 bits per heavy atom. The smallest absolute Gasteiger partial charge is 0.154 e. The van der Waals surface area contributed by atoms with Crippen LogP contribution >= 0.6 is 15.9 Å². The van der Waals surface area contributed by atoms with E-state index in [1.54, 1.807) is 7.11 Å². The summed E-state index contributed by atoms with van der Waals surface area (Å²) in [6.07, 6.45) is 0. The van der Waals surface area contributed by atoms with Crippen LogP contribution in [0.25, 0.3) is 0 Å². The third-order valence-electron chi connectivity index (χ3n) is 1.45. The molecule has 0 unspecified atom stereocenters. The topological polar surface area (TPSA) is 22.1 Å². The number of hydrogen-bond acceptors (Lipinski definition) is 2. The Hall–Kier alpha value is -0.570. The van der Waals surface area contributed by atoms with E-state index in [1.165, 1.54) is 0 Å². The number of methoxy groups -OCH3 is 1. The highest BCUT2D eigenvalue weighted by Crippen LogP contribution is 2.26. The fourth-order valence-electron chi connectivity index (χ4n) is 1.02. The summed E-state index contributed by atoms with van der Waals surface area (Å²) in [4.78, 5) is 4.20. The molecule has 0 amide bonds. The summed E-state index contributed by atoms with van der Waals surface area (Å²) in [6.45, 7) is 3.95. The fraction of sp³-hybridized carbons (Fsp3) is 0.375. The molecule has 1 aromatic heterocycles. The predicted octanol–water partition coefficient (Wildman–Crippen LogP) is 2.47. The van der Waals surface area contributed by atoms with Crippen molar-refractivity contribution < 1.29 is 4.74 Å². The Balaban J connectivity index is 3.25. The molecule has 1 rings (SSSR count). The second kappa shape index (κ2) is 3.22. The first-order valence-electron chi connectivity index (χ1n) is 3.33. The molecule has 0 saturated carbocycles. The first kappa shape index (κ1) is 8.53. The van der Waals surface area contributed by atoms with Crippen LogP contribution in [-0.2, 0) is 0 Å². The normalized spacial score (nSPS) is 9.82. The Kier molecular flexibility index (Phi) is 2.49. The maximum atomic E-state index is 5.12. The van der Waals surface area contributed by atoms with Crippen molar-refractivity contribution in [2.75, 3.05) is 7.11 Å². The van der Waals surface area contributed by atoms with Crippen LogP contribution in [0.5, 0.6) is 5.75 Å². The van der Waals surface area contributed by atoms with Gasteiger partial charge in [-0.2, -0.15) is 0 Å². The molecule has 0 aliphatic carbocycles. The van der Waals surface area contributed by atoms with Gasteiger partial charge in [-0.15, -0.1) is 0 Å². The summed E-state index contributed by atoms with van der Waals surface area (Å²) in [5.41, 5.74) is 2.10. The van der Waals surface area contributed by atoms with Crippen molar-refractivity contribution in [2.24, 2.45) is 0 Å². The quantitative estimate of drug-likeness (QED) is 0.672. The number of aryl methyl sites for hydroxylation is 2. The summed E-state index contributed by atoms with van der Waals surface area (Å²) in [6, 6.07) is 1.99. The van der Waals surface area contributed by atoms with Gasteiger partial charge in [-0.25, -0.2) is 4.98 Å². The zero-order valence-corrected chi connectivity index (χ0v) is 8.40. The van der Waals surface area contributed by atoms with Gasteiger partial charge < -0.3 is 4.74 Å². The van der Waals surface area contributed by atoms with E-state index in [2.05, 4.69) is 20.9 Å². The van der Waals surface area contributed by atoms with Gasteiger partial charge in [-0.1, -0.05) is 0 Å². The van der Waals surface area contributed by atoms with Gasteiger partial charge in [0, 0.05) is 5.69 Å². The van der Waals surface area contributed by atoms with Crippen molar-refractivity contribution in [1.29, 1.82) is 0 Å². The number of hydrogen-bond donors (Lipinski definition) is 0.